The molecule has 0 radical (unpaired) electrons. The summed E-state index contributed by atoms with van der Waals surface area (Å²) >= 11 is 6.04. The van der Waals surface area contributed by atoms with Crippen molar-refractivity contribution in [1.82, 2.24) is 20.0 Å². The highest BCUT2D eigenvalue weighted by Gasteiger charge is 2.06. The molecule has 0 spiro atoms. The van der Waals surface area contributed by atoms with E-state index >= 15 is 0 Å². The van der Waals surface area contributed by atoms with E-state index in [0.29, 0.717) is 5.15 Å². The van der Waals surface area contributed by atoms with Gasteiger partial charge in [0, 0.05) is 36.3 Å². The first kappa shape index (κ1) is 12.9. The minimum atomic E-state index is 0.433. The first-order chi connectivity index (χ1) is 9.84. The van der Waals surface area contributed by atoms with Gasteiger partial charge in [-0.15, -0.1) is 10.2 Å². The minimum absolute atomic E-state index is 0.433. The summed E-state index contributed by atoms with van der Waals surface area (Å²) in [7, 11) is 0. The first-order valence-electron chi connectivity index (χ1n) is 6.47. The normalized spacial score (nSPS) is 10.8. The molecule has 3 rings (SSSR count). The quantitative estimate of drug-likeness (QED) is 0.733. The number of hydrogen-bond donors (Lipinski definition) is 1. The number of fused-ring (bicyclic) bond motifs is 1. The smallest absolute Gasteiger partial charge is 0.159 e. The molecule has 2 heterocycles. The zero-order valence-electron chi connectivity index (χ0n) is 10.8. The molecule has 0 saturated heterocycles. The summed E-state index contributed by atoms with van der Waals surface area (Å²) in [6.07, 6.45) is 4.70. The van der Waals surface area contributed by atoms with Crippen LogP contribution in [-0.4, -0.2) is 26.5 Å². The van der Waals surface area contributed by atoms with Crippen LogP contribution < -0.4 is 5.32 Å². The SMILES string of the molecule is Clc1nnc(NCCCn2cccn2)c2ccccc12. The van der Waals surface area contributed by atoms with Crippen LogP contribution in [0.2, 0.25) is 5.15 Å². The largest absolute Gasteiger partial charge is 0.368 e. The van der Waals surface area contributed by atoms with Gasteiger partial charge in [-0.25, -0.2) is 0 Å². The Bertz CT molecular complexity index is 696. The Labute approximate surface area is 121 Å². The summed E-state index contributed by atoms with van der Waals surface area (Å²) in [6.45, 7) is 1.68. The van der Waals surface area contributed by atoms with E-state index in [0.717, 1.165) is 36.1 Å². The third-order valence-electron chi connectivity index (χ3n) is 3.06. The lowest BCUT2D eigenvalue weighted by molar-refractivity contribution is 0.591. The zero-order chi connectivity index (χ0) is 13.8. The molecule has 0 atom stereocenters. The lowest BCUT2D eigenvalue weighted by Gasteiger charge is -2.08. The summed E-state index contributed by atoms with van der Waals surface area (Å²) in [5.41, 5.74) is 0. The van der Waals surface area contributed by atoms with Crippen molar-refractivity contribution < 1.29 is 0 Å². The van der Waals surface area contributed by atoms with Gasteiger partial charge < -0.3 is 5.32 Å². The fraction of sp³-hybridized carbons (Fsp3) is 0.214. The number of nitrogens with one attached hydrogen (secondary N) is 1. The predicted octanol–water partition coefficient (Wildman–Crippen LogP) is 2.98. The van der Waals surface area contributed by atoms with E-state index < -0.39 is 0 Å². The number of rotatable bonds is 5. The van der Waals surface area contributed by atoms with Gasteiger partial charge in [-0.05, 0) is 12.5 Å². The number of aromatic nitrogens is 4. The Morgan fingerprint density at radius 2 is 1.95 bits per heavy atom. The maximum absolute atomic E-state index is 6.04. The van der Waals surface area contributed by atoms with Gasteiger partial charge in [-0.2, -0.15) is 5.10 Å². The Hall–Kier alpha value is -2.14. The van der Waals surface area contributed by atoms with Crippen LogP contribution in [0.1, 0.15) is 6.42 Å². The van der Waals surface area contributed by atoms with Gasteiger partial charge in [0.25, 0.3) is 0 Å². The van der Waals surface area contributed by atoms with E-state index in [9.17, 15) is 0 Å². The summed E-state index contributed by atoms with van der Waals surface area (Å²) in [6, 6.07) is 9.77. The molecular formula is C14H14ClN5. The van der Waals surface area contributed by atoms with Crippen molar-refractivity contribution in [3.8, 4) is 0 Å². The van der Waals surface area contributed by atoms with Crippen molar-refractivity contribution in [2.24, 2.45) is 0 Å². The first-order valence-corrected chi connectivity index (χ1v) is 6.84. The highest BCUT2D eigenvalue weighted by atomic mass is 35.5. The van der Waals surface area contributed by atoms with E-state index in [1.165, 1.54) is 0 Å². The molecule has 6 heteroatoms. The average molecular weight is 288 g/mol. The van der Waals surface area contributed by atoms with Crippen LogP contribution in [-0.2, 0) is 6.54 Å². The molecule has 1 N–H and O–H groups in total. The number of anilines is 1. The Balaban J connectivity index is 1.67. The molecule has 0 fully saturated rings. The fourth-order valence-electron chi connectivity index (χ4n) is 2.08. The monoisotopic (exact) mass is 287 g/mol. The third kappa shape index (κ3) is 2.72. The number of aryl methyl sites for hydroxylation is 1. The van der Waals surface area contributed by atoms with Gasteiger partial charge in [0.1, 0.15) is 0 Å². The summed E-state index contributed by atoms with van der Waals surface area (Å²) in [4.78, 5) is 0. The standard InChI is InChI=1S/C14H14ClN5/c15-13-11-5-1-2-6-12(11)14(19-18-13)16-7-3-9-20-10-4-8-17-20/h1-2,4-6,8,10H,3,7,9H2,(H,16,19). The van der Waals surface area contributed by atoms with Crippen LogP contribution in [0.4, 0.5) is 5.82 Å². The second-order valence-electron chi connectivity index (χ2n) is 4.43. The van der Waals surface area contributed by atoms with Crippen molar-refractivity contribution in [2.75, 3.05) is 11.9 Å². The molecule has 0 amide bonds. The topological polar surface area (TPSA) is 55.6 Å². The maximum Gasteiger partial charge on any atom is 0.159 e. The molecule has 0 saturated carbocycles. The highest BCUT2D eigenvalue weighted by Crippen LogP contribution is 2.25. The number of nitrogens with zero attached hydrogens (tertiary/aromatic N) is 4. The third-order valence-corrected chi connectivity index (χ3v) is 3.34. The van der Waals surface area contributed by atoms with Crippen LogP contribution in [0.25, 0.3) is 10.8 Å². The molecule has 1 aromatic carbocycles. The number of hydrogen-bond acceptors (Lipinski definition) is 4. The maximum atomic E-state index is 6.04. The van der Waals surface area contributed by atoms with Gasteiger partial charge >= 0.3 is 0 Å². The molecule has 20 heavy (non-hydrogen) atoms. The molecule has 0 unspecified atom stereocenters. The van der Waals surface area contributed by atoms with Gasteiger partial charge in [0.05, 0.1) is 0 Å². The highest BCUT2D eigenvalue weighted by molar-refractivity contribution is 6.34. The molecule has 0 aliphatic heterocycles. The van der Waals surface area contributed by atoms with E-state index in [1.807, 2.05) is 41.2 Å². The van der Waals surface area contributed by atoms with E-state index in [2.05, 4.69) is 20.6 Å². The van der Waals surface area contributed by atoms with Crippen molar-refractivity contribution in [1.29, 1.82) is 0 Å². The van der Waals surface area contributed by atoms with E-state index in [1.54, 1.807) is 6.20 Å². The molecule has 0 aliphatic rings. The van der Waals surface area contributed by atoms with Crippen molar-refractivity contribution in [3.63, 3.8) is 0 Å². The van der Waals surface area contributed by atoms with Crippen molar-refractivity contribution in [3.05, 3.63) is 47.9 Å². The van der Waals surface area contributed by atoms with Gasteiger partial charge in [-0.1, -0.05) is 35.9 Å². The molecular weight excluding hydrogens is 274 g/mol. The molecule has 2 aromatic heterocycles. The minimum Gasteiger partial charge on any atom is -0.368 e. The van der Waals surface area contributed by atoms with Crippen LogP contribution in [0.3, 0.4) is 0 Å². The predicted molar refractivity (Wildman–Crippen MR) is 79.9 cm³/mol. The Morgan fingerprint density at radius 1 is 1.10 bits per heavy atom. The number of benzene rings is 1. The van der Waals surface area contributed by atoms with Gasteiger partial charge in [0.15, 0.2) is 11.0 Å². The number of halogens is 1. The lowest BCUT2D eigenvalue weighted by Crippen LogP contribution is -2.09. The molecule has 3 aromatic rings. The fourth-order valence-corrected chi connectivity index (χ4v) is 2.28. The summed E-state index contributed by atoms with van der Waals surface area (Å²) in [5, 5.41) is 17.9. The lowest BCUT2D eigenvalue weighted by atomic mass is 10.2. The van der Waals surface area contributed by atoms with Crippen LogP contribution in [0, 0.1) is 0 Å². The average Bonchev–Trinajstić information content (AvgIpc) is 2.99. The molecule has 102 valence electrons. The Kier molecular flexibility index (Phi) is 3.78. The van der Waals surface area contributed by atoms with Crippen molar-refractivity contribution >= 4 is 28.2 Å². The van der Waals surface area contributed by atoms with Crippen molar-refractivity contribution in [2.45, 2.75) is 13.0 Å². The van der Waals surface area contributed by atoms with E-state index in [-0.39, 0.29) is 0 Å². The van der Waals surface area contributed by atoms with Crippen LogP contribution >= 0.6 is 11.6 Å². The molecule has 0 bridgehead atoms. The molecule has 0 aliphatic carbocycles. The second kappa shape index (κ2) is 5.88. The zero-order valence-corrected chi connectivity index (χ0v) is 11.6. The second-order valence-corrected chi connectivity index (χ2v) is 4.79. The van der Waals surface area contributed by atoms with Gasteiger partial charge in [0.2, 0.25) is 0 Å². The van der Waals surface area contributed by atoms with Crippen LogP contribution in [0.15, 0.2) is 42.7 Å². The summed E-state index contributed by atoms with van der Waals surface area (Å²) in [5.74, 6) is 0.769. The molecule has 5 nitrogen and oxygen atoms in total. The Morgan fingerprint density at radius 3 is 2.75 bits per heavy atom. The summed E-state index contributed by atoms with van der Waals surface area (Å²) < 4.78 is 1.91. The van der Waals surface area contributed by atoms with Crippen LogP contribution in [0.5, 0.6) is 0 Å². The van der Waals surface area contributed by atoms with E-state index in [4.69, 9.17) is 11.6 Å². The van der Waals surface area contributed by atoms with Gasteiger partial charge in [-0.3, -0.25) is 4.68 Å².